The standard InChI is InChI=1S/C16H17Cl2N3O2/c1-10-8-11(2)20-16(19-10)21-15(22)4-3-7-23-14-6-5-12(17)9-13(14)18/h5-6,8-9H,3-4,7H2,1-2H3,(H,19,20,21,22). The minimum absolute atomic E-state index is 0.152. The molecule has 2 aromatic rings. The van der Waals surface area contributed by atoms with Crippen LogP contribution in [0.2, 0.25) is 10.0 Å². The molecule has 2 rings (SSSR count). The molecule has 5 nitrogen and oxygen atoms in total. The number of nitrogens with zero attached hydrogens (tertiary/aromatic N) is 2. The summed E-state index contributed by atoms with van der Waals surface area (Å²) in [6.45, 7) is 4.09. The first kappa shape index (κ1) is 17.5. The fourth-order valence-electron chi connectivity index (χ4n) is 1.98. The Morgan fingerprint density at radius 1 is 1.17 bits per heavy atom. The van der Waals surface area contributed by atoms with Gasteiger partial charge >= 0.3 is 0 Å². The number of anilines is 1. The molecule has 1 amide bonds. The van der Waals surface area contributed by atoms with Crippen LogP contribution in [0.15, 0.2) is 24.3 Å². The molecule has 0 unspecified atom stereocenters. The zero-order valence-corrected chi connectivity index (χ0v) is 14.4. The lowest BCUT2D eigenvalue weighted by Gasteiger charge is -2.08. The van der Waals surface area contributed by atoms with Gasteiger partial charge in [-0.25, -0.2) is 9.97 Å². The molecule has 122 valence electrons. The molecular formula is C16H17Cl2N3O2. The van der Waals surface area contributed by atoms with Gasteiger partial charge in [-0.05, 0) is 44.5 Å². The number of aromatic nitrogens is 2. The van der Waals surface area contributed by atoms with Crippen LogP contribution in [0.3, 0.4) is 0 Å². The van der Waals surface area contributed by atoms with Crippen molar-refractivity contribution in [2.75, 3.05) is 11.9 Å². The number of nitrogens with one attached hydrogen (secondary N) is 1. The number of benzene rings is 1. The number of carbonyl (C=O) groups is 1. The van der Waals surface area contributed by atoms with Gasteiger partial charge in [0.2, 0.25) is 11.9 Å². The molecule has 23 heavy (non-hydrogen) atoms. The van der Waals surface area contributed by atoms with Gasteiger partial charge in [0.25, 0.3) is 0 Å². The van der Waals surface area contributed by atoms with E-state index in [1.54, 1.807) is 18.2 Å². The van der Waals surface area contributed by atoms with Crippen LogP contribution in [0, 0.1) is 13.8 Å². The van der Waals surface area contributed by atoms with Crippen molar-refractivity contribution in [3.63, 3.8) is 0 Å². The number of amides is 1. The van der Waals surface area contributed by atoms with Gasteiger partial charge in [-0.3, -0.25) is 10.1 Å². The van der Waals surface area contributed by atoms with Gasteiger partial charge in [0.05, 0.1) is 11.6 Å². The molecule has 7 heteroatoms. The fraction of sp³-hybridized carbons (Fsp3) is 0.312. The van der Waals surface area contributed by atoms with Gasteiger partial charge < -0.3 is 4.74 Å². The van der Waals surface area contributed by atoms with E-state index in [9.17, 15) is 4.79 Å². The lowest BCUT2D eigenvalue weighted by molar-refractivity contribution is -0.116. The van der Waals surface area contributed by atoms with E-state index in [1.165, 1.54) is 0 Å². The Morgan fingerprint density at radius 2 is 1.87 bits per heavy atom. The molecule has 0 aliphatic rings. The Morgan fingerprint density at radius 3 is 2.52 bits per heavy atom. The first-order chi connectivity index (χ1) is 10.9. The molecule has 0 atom stereocenters. The van der Waals surface area contributed by atoms with Crippen LogP contribution >= 0.6 is 23.2 Å². The predicted octanol–water partition coefficient (Wildman–Crippen LogP) is 4.20. The maximum atomic E-state index is 11.9. The van der Waals surface area contributed by atoms with Crippen molar-refractivity contribution in [1.82, 2.24) is 9.97 Å². The van der Waals surface area contributed by atoms with Gasteiger partial charge in [0.1, 0.15) is 5.75 Å². The molecular weight excluding hydrogens is 337 g/mol. The van der Waals surface area contributed by atoms with Gasteiger partial charge in [-0.15, -0.1) is 0 Å². The van der Waals surface area contributed by atoms with Crippen LogP contribution < -0.4 is 10.1 Å². The number of ether oxygens (including phenoxy) is 1. The van der Waals surface area contributed by atoms with E-state index < -0.39 is 0 Å². The fourth-order valence-corrected chi connectivity index (χ4v) is 2.44. The molecule has 1 N–H and O–H groups in total. The number of rotatable bonds is 6. The van der Waals surface area contributed by atoms with E-state index in [0.717, 1.165) is 11.4 Å². The van der Waals surface area contributed by atoms with Crippen LogP contribution in [0.4, 0.5) is 5.95 Å². The highest BCUT2D eigenvalue weighted by atomic mass is 35.5. The Balaban J connectivity index is 1.76. The number of carbonyl (C=O) groups excluding carboxylic acids is 1. The minimum atomic E-state index is -0.152. The second-order valence-corrected chi connectivity index (χ2v) is 5.89. The summed E-state index contributed by atoms with van der Waals surface area (Å²) in [5, 5.41) is 3.68. The molecule has 0 radical (unpaired) electrons. The number of aryl methyl sites for hydroxylation is 2. The molecule has 0 fully saturated rings. The molecule has 0 aliphatic carbocycles. The smallest absolute Gasteiger partial charge is 0.229 e. The highest BCUT2D eigenvalue weighted by Crippen LogP contribution is 2.27. The van der Waals surface area contributed by atoms with Gasteiger partial charge in [0, 0.05) is 22.8 Å². The van der Waals surface area contributed by atoms with Crippen molar-refractivity contribution >= 4 is 35.1 Å². The highest BCUT2D eigenvalue weighted by molar-refractivity contribution is 6.35. The maximum absolute atomic E-state index is 11.9. The Bertz CT molecular complexity index is 687. The maximum Gasteiger partial charge on any atom is 0.229 e. The van der Waals surface area contributed by atoms with Crippen molar-refractivity contribution in [3.05, 3.63) is 45.7 Å². The van der Waals surface area contributed by atoms with Crippen molar-refractivity contribution in [3.8, 4) is 5.75 Å². The summed E-state index contributed by atoms with van der Waals surface area (Å²) in [5.74, 6) is 0.726. The molecule has 0 aliphatic heterocycles. The predicted molar refractivity (Wildman–Crippen MR) is 91.3 cm³/mol. The van der Waals surface area contributed by atoms with Gasteiger partial charge in [-0.2, -0.15) is 0 Å². The SMILES string of the molecule is Cc1cc(C)nc(NC(=O)CCCOc2ccc(Cl)cc2Cl)n1. The molecule has 0 spiro atoms. The summed E-state index contributed by atoms with van der Waals surface area (Å²) in [5.41, 5.74) is 1.63. The zero-order valence-electron chi connectivity index (χ0n) is 12.9. The van der Waals surface area contributed by atoms with E-state index >= 15 is 0 Å². The van der Waals surface area contributed by atoms with E-state index in [0.29, 0.717) is 41.2 Å². The van der Waals surface area contributed by atoms with Crippen LogP contribution in [0.1, 0.15) is 24.2 Å². The van der Waals surface area contributed by atoms with Crippen LogP contribution in [-0.2, 0) is 4.79 Å². The normalized spacial score (nSPS) is 10.4. The van der Waals surface area contributed by atoms with E-state index in [2.05, 4.69) is 15.3 Å². The third kappa shape index (κ3) is 5.69. The summed E-state index contributed by atoms with van der Waals surface area (Å²) < 4.78 is 5.53. The summed E-state index contributed by atoms with van der Waals surface area (Å²) in [6.07, 6.45) is 0.858. The van der Waals surface area contributed by atoms with Crippen molar-refractivity contribution in [1.29, 1.82) is 0 Å². The number of hydrogen-bond acceptors (Lipinski definition) is 4. The van der Waals surface area contributed by atoms with Crippen molar-refractivity contribution in [2.45, 2.75) is 26.7 Å². The summed E-state index contributed by atoms with van der Waals surface area (Å²) in [7, 11) is 0. The van der Waals surface area contributed by atoms with E-state index in [-0.39, 0.29) is 5.91 Å². The number of hydrogen-bond donors (Lipinski definition) is 1. The van der Waals surface area contributed by atoms with Crippen LogP contribution in [0.5, 0.6) is 5.75 Å². The lowest BCUT2D eigenvalue weighted by Crippen LogP contribution is -2.15. The van der Waals surface area contributed by atoms with Gasteiger partial charge in [0.15, 0.2) is 0 Å². The van der Waals surface area contributed by atoms with Crippen LogP contribution in [0.25, 0.3) is 0 Å². The monoisotopic (exact) mass is 353 g/mol. The molecule has 1 heterocycles. The summed E-state index contributed by atoms with van der Waals surface area (Å²) >= 11 is 11.8. The second kappa shape index (κ2) is 8.13. The molecule has 0 saturated heterocycles. The highest BCUT2D eigenvalue weighted by Gasteiger charge is 2.07. The Hall–Kier alpha value is -1.85. The molecule has 0 saturated carbocycles. The number of halogens is 2. The first-order valence-corrected chi connectivity index (χ1v) is 7.89. The average molecular weight is 354 g/mol. The van der Waals surface area contributed by atoms with E-state index in [1.807, 2.05) is 19.9 Å². The Kier molecular flexibility index (Phi) is 6.19. The van der Waals surface area contributed by atoms with E-state index in [4.69, 9.17) is 27.9 Å². The summed E-state index contributed by atoms with van der Waals surface area (Å²) in [4.78, 5) is 20.2. The molecule has 1 aromatic heterocycles. The topological polar surface area (TPSA) is 64.1 Å². The quantitative estimate of drug-likeness (QED) is 0.790. The largest absolute Gasteiger partial charge is 0.492 e. The third-order valence-electron chi connectivity index (χ3n) is 2.93. The van der Waals surface area contributed by atoms with Crippen molar-refractivity contribution in [2.24, 2.45) is 0 Å². The summed E-state index contributed by atoms with van der Waals surface area (Å²) in [6, 6.07) is 6.86. The molecule has 1 aromatic carbocycles. The van der Waals surface area contributed by atoms with Crippen LogP contribution in [-0.4, -0.2) is 22.5 Å². The minimum Gasteiger partial charge on any atom is -0.492 e. The lowest BCUT2D eigenvalue weighted by atomic mass is 10.3. The second-order valence-electron chi connectivity index (χ2n) is 5.05. The first-order valence-electron chi connectivity index (χ1n) is 7.14. The Labute approximate surface area is 145 Å². The average Bonchev–Trinajstić information content (AvgIpc) is 2.44. The van der Waals surface area contributed by atoms with Gasteiger partial charge in [-0.1, -0.05) is 23.2 Å². The third-order valence-corrected chi connectivity index (χ3v) is 3.46. The molecule has 0 bridgehead atoms. The van der Waals surface area contributed by atoms with Crippen molar-refractivity contribution < 1.29 is 9.53 Å². The zero-order chi connectivity index (χ0) is 16.8.